The molecule has 0 aliphatic heterocycles. The van der Waals surface area contributed by atoms with Crippen LogP contribution in [0.2, 0.25) is 0 Å². The second-order valence-corrected chi connectivity index (χ2v) is 6.80. The van der Waals surface area contributed by atoms with Gasteiger partial charge in [-0.05, 0) is 29.8 Å². The van der Waals surface area contributed by atoms with Crippen molar-refractivity contribution in [2.45, 2.75) is 6.18 Å². The number of hydrogen-bond acceptors (Lipinski definition) is 4. The summed E-state index contributed by atoms with van der Waals surface area (Å²) >= 11 is 1.18. The number of nitriles is 1. The molecule has 0 unspecified atom stereocenters. The fraction of sp³-hybridized carbons (Fsp3) is 0.0476. The first-order valence-corrected chi connectivity index (χ1v) is 9.06. The molecule has 0 bridgehead atoms. The lowest BCUT2D eigenvalue weighted by Crippen LogP contribution is -2.07. The van der Waals surface area contributed by atoms with Gasteiger partial charge in [0.25, 0.3) is 0 Å². The molecule has 0 atom stereocenters. The number of para-hydroxylation sites is 1. The van der Waals surface area contributed by atoms with Crippen LogP contribution in [0.25, 0.3) is 34.1 Å². The Morgan fingerprint density at radius 2 is 1.86 bits per heavy atom. The van der Waals surface area contributed by atoms with Crippen LogP contribution in [0.3, 0.4) is 0 Å². The number of alkyl halides is 3. The smallest absolute Gasteiger partial charge is 0.416 e. The Morgan fingerprint density at radius 3 is 2.61 bits per heavy atom. The molecule has 138 valence electrons. The minimum absolute atomic E-state index is 0.0593. The first kappa shape index (κ1) is 18.0. The zero-order valence-electron chi connectivity index (χ0n) is 14.2. The molecule has 0 aliphatic rings. The molecule has 4 rings (SSSR count). The van der Waals surface area contributed by atoms with E-state index in [9.17, 15) is 18.4 Å². The average molecular weight is 396 g/mol. The Bertz CT molecular complexity index is 1200. The van der Waals surface area contributed by atoms with Crippen molar-refractivity contribution in [1.82, 2.24) is 4.98 Å². The monoisotopic (exact) mass is 396 g/mol. The number of hydrogen-bond donors (Lipinski definition) is 0. The summed E-state index contributed by atoms with van der Waals surface area (Å²) in [6, 6.07) is 16.4. The molecule has 2 aromatic carbocycles. The highest BCUT2D eigenvalue weighted by atomic mass is 32.1. The van der Waals surface area contributed by atoms with Gasteiger partial charge in [-0.3, -0.25) is 0 Å². The van der Waals surface area contributed by atoms with Crippen LogP contribution in [0.5, 0.6) is 0 Å². The zero-order chi connectivity index (χ0) is 19.7. The van der Waals surface area contributed by atoms with Crippen molar-refractivity contribution in [1.29, 1.82) is 5.26 Å². The minimum Gasteiger partial charge on any atom is -0.454 e. The lowest BCUT2D eigenvalue weighted by molar-refractivity contribution is -0.137. The summed E-state index contributed by atoms with van der Waals surface area (Å²) in [7, 11) is 0. The van der Waals surface area contributed by atoms with E-state index in [1.165, 1.54) is 35.6 Å². The van der Waals surface area contributed by atoms with Crippen LogP contribution < -0.4 is 0 Å². The highest BCUT2D eigenvalue weighted by molar-refractivity contribution is 7.11. The topological polar surface area (TPSA) is 49.8 Å². The van der Waals surface area contributed by atoms with Crippen molar-refractivity contribution in [3.05, 3.63) is 76.1 Å². The number of nitrogens with zero attached hydrogens (tertiary/aromatic N) is 2. The summed E-state index contributed by atoms with van der Waals surface area (Å²) in [5.74, 6) is 0.539. The van der Waals surface area contributed by atoms with Crippen LogP contribution in [0.1, 0.15) is 16.1 Å². The average Bonchev–Trinajstić information content (AvgIpc) is 3.32. The number of halogens is 3. The van der Waals surface area contributed by atoms with Crippen molar-refractivity contribution >= 4 is 34.0 Å². The van der Waals surface area contributed by atoms with Gasteiger partial charge < -0.3 is 4.42 Å². The van der Waals surface area contributed by atoms with Gasteiger partial charge >= 0.3 is 6.18 Å². The number of fused-ring (bicyclic) bond motifs is 1. The van der Waals surface area contributed by atoms with Gasteiger partial charge in [0.05, 0.1) is 11.1 Å². The Hall–Kier alpha value is -3.37. The molecular formula is C21H11F3N2OS. The van der Waals surface area contributed by atoms with E-state index in [0.29, 0.717) is 22.0 Å². The quantitative estimate of drug-likeness (QED) is 0.365. The summed E-state index contributed by atoms with van der Waals surface area (Å²) in [5.41, 5.74) is 0.427. The third-order valence-corrected chi connectivity index (χ3v) is 4.97. The van der Waals surface area contributed by atoms with Crippen LogP contribution in [0.4, 0.5) is 13.2 Å². The van der Waals surface area contributed by atoms with Crippen molar-refractivity contribution in [3.63, 3.8) is 0 Å². The van der Waals surface area contributed by atoms with Crippen molar-refractivity contribution in [2.75, 3.05) is 0 Å². The van der Waals surface area contributed by atoms with Gasteiger partial charge in [0, 0.05) is 10.8 Å². The Kier molecular flexibility index (Phi) is 4.49. The lowest BCUT2D eigenvalue weighted by atomic mass is 10.0. The van der Waals surface area contributed by atoms with E-state index in [2.05, 4.69) is 4.98 Å². The molecule has 2 heterocycles. The molecule has 0 radical (unpaired) electrons. The van der Waals surface area contributed by atoms with E-state index in [1.54, 1.807) is 5.38 Å². The summed E-state index contributed by atoms with van der Waals surface area (Å²) in [4.78, 5) is 4.39. The number of benzene rings is 2. The van der Waals surface area contributed by atoms with Gasteiger partial charge in [-0.15, -0.1) is 11.3 Å². The number of aromatic nitrogens is 1. The number of furan rings is 1. The van der Waals surface area contributed by atoms with E-state index in [0.717, 1.165) is 11.5 Å². The van der Waals surface area contributed by atoms with Crippen LogP contribution in [0, 0.1) is 11.3 Å². The van der Waals surface area contributed by atoms with Gasteiger partial charge in [0.15, 0.2) is 5.76 Å². The second-order valence-electron chi connectivity index (χ2n) is 5.94. The third kappa shape index (κ3) is 3.42. The molecular weight excluding hydrogens is 385 g/mol. The Morgan fingerprint density at radius 1 is 1.11 bits per heavy atom. The largest absolute Gasteiger partial charge is 0.454 e. The predicted octanol–water partition coefficient (Wildman–Crippen LogP) is 6.64. The standard InChI is InChI=1S/C21H11F3N2OS/c22-21(23,24)16-7-3-1-5-13(16)9-15(11-25)20-26-17(12-28-20)19-10-14-6-2-4-8-18(14)27-19/h1-10,12H/b15-9+. The first-order valence-electron chi connectivity index (χ1n) is 8.18. The maximum atomic E-state index is 13.2. The molecule has 0 saturated carbocycles. The van der Waals surface area contributed by atoms with Gasteiger partial charge in [-0.1, -0.05) is 36.4 Å². The fourth-order valence-electron chi connectivity index (χ4n) is 2.80. The van der Waals surface area contributed by atoms with Gasteiger partial charge in [-0.2, -0.15) is 18.4 Å². The Balaban J connectivity index is 1.73. The van der Waals surface area contributed by atoms with Crippen LogP contribution >= 0.6 is 11.3 Å². The van der Waals surface area contributed by atoms with Crippen molar-refractivity contribution in [3.8, 4) is 17.5 Å². The molecule has 28 heavy (non-hydrogen) atoms. The molecule has 0 saturated heterocycles. The fourth-order valence-corrected chi connectivity index (χ4v) is 3.57. The summed E-state index contributed by atoms with van der Waals surface area (Å²) < 4.78 is 45.3. The van der Waals surface area contributed by atoms with Gasteiger partial charge in [-0.25, -0.2) is 4.98 Å². The number of thiazole rings is 1. The van der Waals surface area contributed by atoms with Gasteiger partial charge in [0.2, 0.25) is 0 Å². The molecule has 0 N–H and O–H groups in total. The second kappa shape index (κ2) is 6.98. The maximum absolute atomic E-state index is 13.2. The molecule has 2 aromatic heterocycles. The molecule has 3 nitrogen and oxygen atoms in total. The van der Waals surface area contributed by atoms with Gasteiger partial charge in [0.1, 0.15) is 22.4 Å². The SMILES string of the molecule is N#C/C(=C\c1ccccc1C(F)(F)F)c1nc(-c2cc3ccccc3o2)cs1. The molecule has 7 heteroatoms. The van der Waals surface area contributed by atoms with E-state index in [4.69, 9.17) is 4.42 Å². The minimum atomic E-state index is -4.50. The summed E-state index contributed by atoms with van der Waals surface area (Å²) in [6.07, 6.45) is -3.29. The predicted molar refractivity (Wildman–Crippen MR) is 102 cm³/mol. The number of rotatable bonds is 3. The normalized spacial score (nSPS) is 12.3. The number of allylic oxidation sites excluding steroid dienone is 1. The highest BCUT2D eigenvalue weighted by Crippen LogP contribution is 2.35. The van der Waals surface area contributed by atoms with Crippen LogP contribution in [-0.2, 0) is 6.18 Å². The molecule has 0 spiro atoms. The lowest BCUT2D eigenvalue weighted by Gasteiger charge is -2.09. The summed E-state index contributed by atoms with van der Waals surface area (Å²) in [6.45, 7) is 0. The first-order chi connectivity index (χ1) is 13.5. The van der Waals surface area contributed by atoms with E-state index < -0.39 is 11.7 Å². The maximum Gasteiger partial charge on any atom is 0.416 e. The summed E-state index contributed by atoms with van der Waals surface area (Å²) in [5, 5.41) is 12.4. The molecule has 0 aliphatic carbocycles. The highest BCUT2D eigenvalue weighted by Gasteiger charge is 2.32. The van der Waals surface area contributed by atoms with Crippen LogP contribution in [0.15, 0.2) is 64.4 Å². The van der Waals surface area contributed by atoms with Crippen molar-refractivity contribution in [2.24, 2.45) is 0 Å². The Labute approximate surface area is 162 Å². The third-order valence-electron chi connectivity index (χ3n) is 4.10. The zero-order valence-corrected chi connectivity index (χ0v) is 15.0. The van der Waals surface area contributed by atoms with E-state index >= 15 is 0 Å². The van der Waals surface area contributed by atoms with Crippen LogP contribution in [-0.4, -0.2) is 4.98 Å². The van der Waals surface area contributed by atoms with E-state index in [1.807, 2.05) is 36.4 Å². The van der Waals surface area contributed by atoms with Crippen molar-refractivity contribution < 1.29 is 17.6 Å². The molecule has 0 fully saturated rings. The molecule has 0 amide bonds. The van der Waals surface area contributed by atoms with E-state index in [-0.39, 0.29) is 11.1 Å². The molecule has 4 aromatic rings.